The number of nitrogens with two attached hydrogens (primary N) is 1. The summed E-state index contributed by atoms with van der Waals surface area (Å²) in [4.78, 5) is 20.5. The Morgan fingerprint density at radius 1 is 1.30 bits per heavy atom. The van der Waals surface area contributed by atoms with E-state index >= 15 is 0 Å². The van der Waals surface area contributed by atoms with E-state index in [4.69, 9.17) is 5.84 Å². The highest BCUT2D eigenvalue weighted by Gasteiger charge is 2.09. The van der Waals surface area contributed by atoms with Gasteiger partial charge < -0.3 is 10.7 Å². The summed E-state index contributed by atoms with van der Waals surface area (Å²) in [7, 11) is 0. The molecule has 0 aliphatic carbocycles. The van der Waals surface area contributed by atoms with E-state index in [-0.39, 0.29) is 5.91 Å². The fourth-order valence-corrected chi connectivity index (χ4v) is 1.75. The van der Waals surface area contributed by atoms with E-state index in [1.54, 1.807) is 18.3 Å². The van der Waals surface area contributed by atoms with Crippen molar-refractivity contribution in [2.45, 2.75) is 19.9 Å². The zero-order valence-electron chi connectivity index (χ0n) is 11.3. The monoisotopic (exact) mass is 271 g/mol. The van der Waals surface area contributed by atoms with E-state index < -0.39 is 0 Å². The van der Waals surface area contributed by atoms with Crippen molar-refractivity contribution >= 4 is 11.7 Å². The van der Waals surface area contributed by atoms with Crippen molar-refractivity contribution in [1.29, 1.82) is 0 Å². The zero-order valence-corrected chi connectivity index (χ0v) is 11.3. The number of pyridine rings is 2. The van der Waals surface area contributed by atoms with Crippen molar-refractivity contribution in [3.05, 3.63) is 53.5 Å². The van der Waals surface area contributed by atoms with Crippen LogP contribution in [-0.2, 0) is 13.0 Å². The number of rotatable bonds is 5. The molecule has 0 aliphatic rings. The van der Waals surface area contributed by atoms with E-state index in [1.807, 2.05) is 25.1 Å². The molecule has 4 N–H and O–H groups in total. The van der Waals surface area contributed by atoms with Crippen LogP contribution in [0.4, 0.5) is 5.82 Å². The lowest BCUT2D eigenvalue weighted by Gasteiger charge is -2.08. The van der Waals surface area contributed by atoms with Crippen molar-refractivity contribution in [2.24, 2.45) is 5.84 Å². The molecule has 6 nitrogen and oxygen atoms in total. The molecule has 0 spiro atoms. The molecule has 2 aromatic heterocycles. The van der Waals surface area contributed by atoms with Crippen LogP contribution in [0.3, 0.4) is 0 Å². The molecule has 2 rings (SSSR count). The van der Waals surface area contributed by atoms with E-state index in [9.17, 15) is 4.79 Å². The predicted octanol–water partition coefficient (Wildman–Crippen LogP) is 1.25. The van der Waals surface area contributed by atoms with Gasteiger partial charge in [0.05, 0.1) is 12.2 Å². The van der Waals surface area contributed by atoms with Crippen LogP contribution in [-0.4, -0.2) is 15.9 Å². The number of hydrogen-bond donors (Lipinski definition) is 3. The number of aromatic nitrogens is 2. The van der Waals surface area contributed by atoms with Crippen LogP contribution in [0, 0.1) is 0 Å². The molecule has 20 heavy (non-hydrogen) atoms. The molecule has 104 valence electrons. The predicted molar refractivity (Wildman–Crippen MR) is 76.8 cm³/mol. The average Bonchev–Trinajstić information content (AvgIpc) is 2.52. The van der Waals surface area contributed by atoms with E-state index in [1.165, 1.54) is 0 Å². The van der Waals surface area contributed by atoms with E-state index in [0.29, 0.717) is 17.9 Å². The van der Waals surface area contributed by atoms with Gasteiger partial charge in [-0.15, -0.1) is 0 Å². The topological polar surface area (TPSA) is 92.9 Å². The maximum absolute atomic E-state index is 12.1. The smallest absolute Gasteiger partial charge is 0.251 e. The van der Waals surface area contributed by atoms with Gasteiger partial charge >= 0.3 is 0 Å². The summed E-state index contributed by atoms with van der Waals surface area (Å²) < 4.78 is 0. The normalized spacial score (nSPS) is 10.1. The van der Waals surface area contributed by atoms with Gasteiger partial charge in [0, 0.05) is 17.5 Å². The Morgan fingerprint density at radius 2 is 2.15 bits per heavy atom. The van der Waals surface area contributed by atoms with Crippen LogP contribution in [0.25, 0.3) is 0 Å². The number of anilines is 1. The molecule has 0 saturated carbocycles. The molecule has 0 bridgehead atoms. The van der Waals surface area contributed by atoms with Crippen molar-refractivity contribution < 1.29 is 4.79 Å². The fraction of sp³-hybridized carbons (Fsp3) is 0.214. The summed E-state index contributed by atoms with van der Waals surface area (Å²) in [5.74, 6) is 5.66. The van der Waals surface area contributed by atoms with Crippen LogP contribution < -0.4 is 16.6 Å². The number of aryl methyl sites for hydroxylation is 1. The molecule has 2 aromatic rings. The third-order valence-corrected chi connectivity index (χ3v) is 2.81. The minimum absolute atomic E-state index is 0.177. The molecule has 0 aliphatic heterocycles. The quantitative estimate of drug-likeness (QED) is 0.562. The number of nitrogens with zero attached hydrogens (tertiary/aromatic N) is 2. The van der Waals surface area contributed by atoms with Gasteiger partial charge in [0.25, 0.3) is 5.91 Å². The van der Waals surface area contributed by atoms with Crippen LogP contribution in [0.2, 0.25) is 0 Å². The number of hydrogen-bond acceptors (Lipinski definition) is 5. The number of carbonyl (C=O) groups is 1. The molecular weight excluding hydrogens is 254 g/mol. The van der Waals surface area contributed by atoms with Crippen molar-refractivity contribution in [3.8, 4) is 0 Å². The number of amides is 1. The average molecular weight is 271 g/mol. The van der Waals surface area contributed by atoms with Crippen LogP contribution in [0.15, 0.2) is 36.5 Å². The summed E-state index contributed by atoms with van der Waals surface area (Å²) in [6, 6.07) is 8.95. The van der Waals surface area contributed by atoms with Crippen LogP contribution >= 0.6 is 0 Å². The van der Waals surface area contributed by atoms with Gasteiger partial charge in [0.2, 0.25) is 0 Å². The highest BCUT2D eigenvalue weighted by molar-refractivity contribution is 5.94. The lowest BCUT2D eigenvalue weighted by Crippen LogP contribution is -2.24. The molecule has 1 amide bonds. The Labute approximate surface area is 117 Å². The number of carbonyl (C=O) groups excluding carboxylic acids is 1. The van der Waals surface area contributed by atoms with Gasteiger partial charge in [-0.05, 0) is 30.7 Å². The lowest BCUT2D eigenvalue weighted by atomic mass is 10.2. The number of hydrazine groups is 1. The lowest BCUT2D eigenvalue weighted by molar-refractivity contribution is 0.0950. The molecule has 2 heterocycles. The second-order valence-corrected chi connectivity index (χ2v) is 4.23. The minimum atomic E-state index is -0.177. The van der Waals surface area contributed by atoms with E-state index in [0.717, 1.165) is 17.8 Å². The molecule has 0 atom stereocenters. The molecular formula is C14H17N5O. The number of nitrogen functional groups attached to an aromatic ring is 1. The first kappa shape index (κ1) is 14.0. The highest BCUT2D eigenvalue weighted by atomic mass is 16.1. The second-order valence-electron chi connectivity index (χ2n) is 4.23. The molecule has 0 unspecified atom stereocenters. The SMILES string of the molecule is CCc1cc(C(=O)NCc2ccccn2)cc(NN)n1. The maximum atomic E-state index is 12.1. The molecule has 0 fully saturated rings. The molecule has 0 saturated heterocycles. The first-order chi connectivity index (χ1) is 9.72. The van der Waals surface area contributed by atoms with Gasteiger partial charge in [0.1, 0.15) is 5.82 Å². The number of nitrogens with one attached hydrogen (secondary N) is 2. The summed E-state index contributed by atoms with van der Waals surface area (Å²) in [5.41, 5.74) is 4.61. The molecule has 0 aromatic carbocycles. The standard InChI is InChI=1S/C14H17N5O/c1-2-11-7-10(8-13(18-11)19-15)14(20)17-9-12-5-3-4-6-16-12/h3-8H,2,9,15H2,1H3,(H,17,20)(H,18,19). The Kier molecular flexibility index (Phi) is 4.62. The molecule has 6 heteroatoms. The fourth-order valence-electron chi connectivity index (χ4n) is 1.75. The van der Waals surface area contributed by atoms with Crippen molar-refractivity contribution in [1.82, 2.24) is 15.3 Å². The Morgan fingerprint density at radius 3 is 2.80 bits per heavy atom. The summed E-state index contributed by atoms with van der Waals surface area (Å²) >= 11 is 0. The minimum Gasteiger partial charge on any atom is -0.346 e. The van der Waals surface area contributed by atoms with Gasteiger partial charge in [0.15, 0.2) is 0 Å². The van der Waals surface area contributed by atoms with Gasteiger partial charge in [-0.3, -0.25) is 9.78 Å². The van der Waals surface area contributed by atoms with Crippen molar-refractivity contribution in [2.75, 3.05) is 5.43 Å². The Balaban J connectivity index is 2.08. The summed E-state index contributed by atoms with van der Waals surface area (Å²) in [6.45, 7) is 2.35. The van der Waals surface area contributed by atoms with Crippen molar-refractivity contribution in [3.63, 3.8) is 0 Å². The highest BCUT2D eigenvalue weighted by Crippen LogP contribution is 2.10. The first-order valence-electron chi connectivity index (χ1n) is 6.38. The Hall–Kier alpha value is -2.47. The first-order valence-corrected chi connectivity index (χ1v) is 6.38. The van der Waals surface area contributed by atoms with E-state index in [2.05, 4.69) is 20.7 Å². The van der Waals surface area contributed by atoms with Crippen LogP contribution in [0.1, 0.15) is 28.7 Å². The Bertz CT molecular complexity index is 563. The van der Waals surface area contributed by atoms with Gasteiger partial charge in [-0.1, -0.05) is 13.0 Å². The zero-order chi connectivity index (χ0) is 14.4. The third-order valence-electron chi connectivity index (χ3n) is 2.81. The largest absolute Gasteiger partial charge is 0.346 e. The third kappa shape index (κ3) is 3.52. The maximum Gasteiger partial charge on any atom is 0.251 e. The summed E-state index contributed by atoms with van der Waals surface area (Å²) in [5, 5.41) is 2.82. The summed E-state index contributed by atoms with van der Waals surface area (Å²) in [6.07, 6.45) is 2.43. The second kappa shape index (κ2) is 6.63. The molecule has 0 radical (unpaired) electrons. The van der Waals surface area contributed by atoms with Gasteiger partial charge in [-0.25, -0.2) is 10.8 Å². The van der Waals surface area contributed by atoms with Gasteiger partial charge in [-0.2, -0.15) is 0 Å². The van der Waals surface area contributed by atoms with Crippen LogP contribution in [0.5, 0.6) is 0 Å².